The second kappa shape index (κ2) is 5.01. The van der Waals surface area contributed by atoms with Crippen molar-refractivity contribution in [3.8, 4) is 0 Å². The number of aromatic amines is 1. The first-order valence-corrected chi connectivity index (χ1v) is 5.25. The summed E-state index contributed by atoms with van der Waals surface area (Å²) < 4.78 is 0. The molecule has 4 nitrogen and oxygen atoms in total. The fourth-order valence-electron chi connectivity index (χ4n) is 1.08. The highest BCUT2D eigenvalue weighted by atomic mass is 35.5. The van der Waals surface area contributed by atoms with Gasteiger partial charge < -0.3 is 4.98 Å². The van der Waals surface area contributed by atoms with E-state index in [1.807, 2.05) is 18.3 Å². The van der Waals surface area contributed by atoms with Gasteiger partial charge in [0, 0.05) is 12.4 Å². The Labute approximate surface area is 102 Å². The van der Waals surface area contributed by atoms with Crippen LogP contribution < -0.4 is 5.43 Å². The van der Waals surface area contributed by atoms with E-state index < -0.39 is 0 Å². The number of H-pyrrole nitrogens is 1. The van der Waals surface area contributed by atoms with Crippen LogP contribution in [-0.4, -0.2) is 16.2 Å². The fourth-order valence-corrected chi connectivity index (χ4v) is 1.51. The summed E-state index contributed by atoms with van der Waals surface area (Å²) in [6.07, 6.45) is 4.95. The first-order valence-electron chi connectivity index (χ1n) is 4.49. The summed E-state index contributed by atoms with van der Waals surface area (Å²) in [5.74, 6) is 0.467. The summed E-state index contributed by atoms with van der Waals surface area (Å²) in [4.78, 5) is 6.98. The number of nitrogens with zero attached hydrogens (tertiary/aromatic N) is 2. The molecule has 0 amide bonds. The number of aromatic nitrogens is 2. The summed E-state index contributed by atoms with van der Waals surface area (Å²) in [7, 11) is 0. The van der Waals surface area contributed by atoms with E-state index in [2.05, 4.69) is 20.5 Å². The molecular formula is C10H8Cl2N4. The van der Waals surface area contributed by atoms with Gasteiger partial charge in [-0.25, -0.2) is 4.98 Å². The van der Waals surface area contributed by atoms with Crippen LogP contribution in [-0.2, 0) is 0 Å². The van der Waals surface area contributed by atoms with Gasteiger partial charge in [0.2, 0.25) is 0 Å². The number of hydrazone groups is 1. The molecule has 0 aliphatic carbocycles. The van der Waals surface area contributed by atoms with Crippen molar-refractivity contribution in [3.05, 3.63) is 46.3 Å². The van der Waals surface area contributed by atoms with E-state index in [0.717, 1.165) is 5.69 Å². The van der Waals surface area contributed by atoms with E-state index in [1.54, 1.807) is 12.3 Å². The monoisotopic (exact) mass is 254 g/mol. The number of hydrogen-bond acceptors (Lipinski definition) is 3. The van der Waals surface area contributed by atoms with E-state index in [-0.39, 0.29) is 0 Å². The zero-order valence-electron chi connectivity index (χ0n) is 8.11. The summed E-state index contributed by atoms with van der Waals surface area (Å²) in [6, 6.07) is 5.37. The van der Waals surface area contributed by atoms with Crippen LogP contribution in [0.1, 0.15) is 5.69 Å². The third-order valence-corrected chi connectivity index (χ3v) is 2.30. The molecule has 0 atom stereocenters. The van der Waals surface area contributed by atoms with Crippen LogP contribution >= 0.6 is 23.2 Å². The van der Waals surface area contributed by atoms with Crippen molar-refractivity contribution in [2.24, 2.45) is 5.10 Å². The van der Waals surface area contributed by atoms with Crippen LogP contribution in [0.5, 0.6) is 0 Å². The van der Waals surface area contributed by atoms with Crippen LogP contribution in [0.15, 0.2) is 35.7 Å². The normalized spacial score (nSPS) is 10.9. The van der Waals surface area contributed by atoms with Crippen LogP contribution in [0.2, 0.25) is 10.0 Å². The minimum absolute atomic E-state index is 0.427. The second-order valence-electron chi connectivity index (χ2n) is 2.98. The summed E-state index contributed by atoms with van der Waals surface area (Å²) in [5, 5.41) is 4.89. The van der Waals surface area contributed by atoms with Crippen molar-refractivity contribution in [3.63, 3.8) is 0 Å². The van der Waals surface area contributed by atoms with Gasteiger partial charge in [-0.1, -0.05) is 23.2 Å². The van der Waals surface area contributed by atoms with E-state index in [9.17, 15) is 0 Å². The number of rotatable bonds is 3. The molecule has 0 aromatic carbocycles. The molecule has 82 valence electrons. The predicted octanol–water partition coefficient (Wildman–Crippen LogP) is 3.16. The van der Waals surface area contributed by atoms with Crippen molar-refractivity contribution < 1.29 is 0 Å². The Morgan fingerprint density at radius 3 is 3.00 bits per heavy atom. The van der Waals surface area contributed by atoms with Crippen LogP contribution in [0.25, 0.3) is 0 Å². The molecule has 0 spiro atoms. The average molecular weight is 255 g/mol. The Bertz CT molecular complexity index is 494. The molecule has 2 aromatic rings. The number of hydrogen-bond donors (Lipinski definition) is 2. The highest BCUT2D eigenvalue weighted by Gasteiger charge is 2.00. The number of nitrogens with one attached hydrogen (secondary N) is 2. The molecule has 0 aliphatic rings. The topological polar surface area (TPSA) is 53.1 Å². The van der Waals surface area contributed by atoms with Gasteiger partial charge in [-0.2, -0.15) is 5.10 Å². The van der Waals surface area contributed by atoms with Crippen LogP contribution in [0.4, 0.5) is 5.82 Å². The van der Waals surface area contributed by atoms with Gasteiger partial charge >= 0.3 is 0 Å². The molecular weight excluding hydrogens is 247 g/mol. The van der Waals surface area contributed by atoms with Gasteiger partial charge in [0.1, 0.15) is 0 Å². The molecule has 0 fully saturated rings. The Kier molecular flexibility index (Phi) is 3.44. The second-order valence-corrected chi connectivity index (χ2v) is 3.82. The lowest BCUT2D eigenvalue weighted by Crippen LogP contribution is -1.94. The van der Waals surface area contributed by atoms with Crippen molar-refractivity contribution in [2.75, 3.05) is 5.43 Å². The van der Waals surface area contributed by atoms with Crippen LogP contribution in [0, 0.1) is 0 Å². The molecule has 0 bridgehead atoms. The number of pyridine rings is 1. The quantitative estimate of drug-likeness (QED) is 0.653. The molecule has 0 saturated carbocycles. The summed E-state index contributed by atoms with van der Waals surface area (Å²) >= 11 is 11.6. The highest BCUT2D eigenvalue weighted by molar-refractivity contribution is 6.35. The zero-order valence-corrected chi connectivity index (χ0v) is 9.63. The molecule has 2 heterocycles. The predicted molar refractivity (Wildman–Crippen MR) is 66.3 cm³/mol. The lowest BCUT2D eigenvalue weighted by atomic mass is 10.4. The SMILES string of the molecule is Clc1cnc(N/N=C/c2ccc[nH]2)c(Cl)c1. The zero-order chi connectivity index (χ0) is 11.4. The number of halogens is 2. The van der Waals surface area contributed by atoms with Gasteiger partial charge in [0.15, 0.2) is 5.82 Å². The first-order chi connectivity index (χ1) is 7.75. The van der Waals surface area contributed by atoms with E-state index in [0.29, 0.717) is 15.9 Å². The molecule has 0 saturated heterocycles. The van der Waals surface area contributed by atoms with Gasteiger partial charge in [-0.05, 0) is 18.2 Å². The average Bonchev–Trinajstić information content (AvgIpc) is 2.74. The van der Waals surface area contributed by atoms with Gasteiger partial charge in [-0.3, -0.25) is 5.43 Å². The Balaban J connectivity index is 2.05. The summed E-state index contributed by atoms with van der Waals surface area (Å²) in [5.41, 5.74) is 3.61. The molecule has 0 aliphatic heterocycles. The maximum absolute atomic E-state index is 5.90. The van der Waals surface area contributed by atoms with E-state index in [1.165, 1.54) is 6.20 Å². The third-order valence-electron chi connectivity index (χ3n) is 1.80. The fraction of sp³-hybridized carbons (Fsp3) is 0. The Hall–Kier alpha value is -1.52. The Morgan fingerprint density at radius 1 is 1.44 bits per heavy atom. The highest BCUT2D eigenvalue weighted by Crippen LogP contribution is 2.22. The first kappa shape index (κ1) is 11.0. The molecule has 2 N–H and O–H groups in total. The Morgan fingerprint density at radius 2 is 2.31 bits per heavy atom. The van der Waals surface area contributed by atoms with Gasteiger partial charge in [0.25, 0.3) is 0 Å². The molecule has 0 unspecified atom stereocenters. The molecule has 2 aromatic heterocycles. The molecule has 2 rings (SSSR count). The van der Waals surface area contributed by atoms with E-state index >= 15 is 0 Å². The molecule has 0 radical (unpaired) electrons. The molecule has 16 heavy (non-hydrogen) atoms. The maximum Gasteiger partial charge on any atom is 0.165 e. The lowest BCUT2D eigenvalue weighted by molar-refractivity contribution is 1.23. The molecule has 6 heteroatoms. The van der Waals surface area contributed by atoms with Gasteiger partial charge in [-0.15, -0.1) is 0 Å². The van der Waals surface area contributed by atoms with Crippen molar-refractivity contribution in [1.82, 2.24) is 9.97 Å². The maximum atomic E-state index is 5.90. The minimum Gasteiger partial charge on any atom is -0.360 e. The van der Waals surface area contributed by atoms with Crippen LogP contribution in [0.3, 0.4) is 0 Å². The minimum atomic E-state index is 0.427. The van der Waals surface area contributed by atoms with Crippen molar-refractivity contribution in [1.29, 1.82) is 0 Å². The number of anilines is 1. The van der Waals surface area contributed by atoms with Gasteiger partial charge in [0.05, 0.1) is 22.0 Å². The van der Waals surface area contributed by atoms with Crippen molar-refractivity contribution >= 4 is 35.2 Å². The largest absolute Gasteiger partial charge is 0.360 e. The standard InChI is InChI=1S/C10H8Cl2N4/c11-7-4-9(12)10(14-5-7)16-15-6-8-2-1-3-13-8/h1-6,13H,(H,14,16)/b15-6+. The van der Waals surface area contributed by atoms with E-state index in [4.69, 9.17) is 23.2 Å². The summed E-state index contributed by atoms with van der Waals surface area (Å²) in [6.45, 7) is 0. The van der Waals surface area contributed by atoms with Crippen molar-refractivity contribution in [2.45, 2.75) is 0 Å². The third kappa shape index (κ3) is 2.74. The smallest absolute Gasteiger partial charge is 0.165 e. The lowest BCUT2D eigenvalue weighted by Gasteiger charge is -2.01.